The summed E-state index contributed by atoms with van der Waals surface area (Å²) in [7, 11) is -6.19. The highest BCUT2D eigenvalue weighted by molar-refractivity contribution is 6.76. The number of hydrogen-bond donors (Lipinski definition) is 0. The van der Waals surface area contributed by atoms with Gasteiger partial charge in [0.1, 0.15) is 12.7 Å². The molecular formula is C22H43NO5Si4. The molecule has 0 spiro atoms. The molecule has 1 aliphatic rings. The van der Waals surface area contributed by atoms with Gasteiger partial charge in [-0.05, 0) is 57.9 Å². The maximum absolute atomic E-state index is 12.5. The maximum Gasteiger partial charge on any atom is 0.317 e. The summed E-state index contributed by atoms with van der Waals surface area (Å²) in [5, 5.41) is 0. The van der Waals surface area contributed by atoms with E-state index in [2.05, 4.69) is 56.0 Å². The van der Waals surface area contributed by atoms with Crippen molar-refractivity contribution in [3.8, 4) is 0 Å². The Morgan fingerprint density at radius 3 is 1.88 bits per heavy atom. The maximum atomic E-state index is 12.5. The third kappa shape index (κ3) is 9.83. The summed E-state index contributed by atoms with van der Waals surface area (Å²) < 4.78 is 18.7. The number of carbonyl (C=O) groups is 2. The number of carbonyl (C=O) groups excluding carboxylic acids is 2. The summed E-state index contributed by atoms with van der Waals surface area (Å²) in [6, 6.07) is 10.4. The lowest BCUT2D eigenvalue weighted by Gasteiger charge is -2.54. The van der Waals surface area contributed by atoms with Crippen molar-refractivity contribution in [2.24, 2.45) is 0 Å². The molecule has 0 unspecified atom stereocenters. The second-order valence-electron chi connectivity index (χ2n) is 11.3. The minimum absolute atomic E-state index is 0.0992. The molecule has 1 aromatic rings. The molecule has 1 aliphatic heterocycles. The highest BCUT2D eigenvalue weighted by Crippen LogP contribution is 2.41. The van der Waals surface area contributed by atoms with Crippen LogP contribution < -0.4 is 0 Å². The zero-order chi connectivity index (χ0) is 24.9. The van der Waals surface area contributed by atoms with Gasteiger partial charge in [-0.1, -0.05) is 50.0 Å². The van der Waals surface area contributed by atoms with Gasteiger partial charge in [-0.3, -0.25) is 9.59 Å². The van der Waals surface area contributed by atoms with Gasteiger partial charge in [-0.15, -0.1) is 0 Å². The molecule has 0 saturated carbocycles. The van der Waals surface area contributed by atoms with Crippen LogP contribution in [0.2, 0.25) is 72.0 Å². The first-order chi connectivity index (χ1) is 14.4. The van der Waals surface area contributed by atoms with Gasteiger partial charge in [-0.2, -0.15) is 0 Å². The van der Waals surface area contributed by atoms with Crippen LogP contribution in [0.5, 0.6) is 0 Å². The Morgan fingerprint density at radius 2 is 1.47 bits per heavy atom. The first kappa shape index (κ1) is 29.0. The molecule has 0 radical (unpaired) electrons. The van der Waals surface area contributed by atoms with Crippen LogP contribution in [0.3, 0.4) is 0 Å². The number of rotatable bonds is 8. The van der Waals surface area contributed by atoms with Crippen molar-refractivity contribution in [2.45, 2.75) is 84.2 Å². The normalized spacial score (nSPS) is 19.2. The summed E-state index contributed by atoms with van der Waals surface area (Å²) in [4.78, 5) is 23.6. The number of hydrogen-bond acceptors (Lipinski definition) is 5. The molecule has 2 rings (SSSR count). The summed E-state index contributed by atoms with van der Waals surface area (Å²) >= 11 is 0. The summed E-state index contributed by atoms with van der Waals surface area (Å²) in [6.07, 6.45) is -0.282. The average Bonchev–Trinajstić information content (AvgIpc) is 2.60. The second kappa shape index (κ2) is 11.4. The third-order valence-corrected chi connectivity index (χ3v) is 8.92. The zero-order valence-corrected chi connectivity index (χ0v) is 26.0. The Morgan fingerprint density at radius 1 is 0.938 bits per heavy atom. The Bertz CT molecular complexity index is 754. The Hall–Kier alpha value is -1.05. The minimum Gasteiger partial charge on any atom is -0.518 e. The number of benzene rings is 1. The molecule has 0 N–H and O–H groups in total. The molecule has 1 aromatic carbocycles. The van der Waals surface area contributed by atoms with Gasteiger partial charge in [0.05, 0.1) is 6.04 Å². The molecule has 182 valence electrons. The van der Waals surface area contributed by atoms with E-state index >= 15 is 0 Å². The Labute approximate surface area is 199 Å². The van der Waals surface area contributed by atoms with E-state index in [9.17, 15) is 9.59 Å². The summed E-state index contributed by atoms with van der Waals surface area (Å²) in [5.74, 6) is -0.0317. The van der Waals surface area contributed by atoms with Crippen molar-refractivity contribution in [2.75, 3.05) is 6.61 Å². The molecular weight excluding hydrogens is 471 g/mol. The zero-order valence-electron chi connectivity index (χ0n) is 21.8. The first-order valence-electron chi connectivity index (χ1n) is 11.3. The van der Waals surface area contributed by atoms with Gasteiger partial charge in [0.2, 0.25) is 14.2 Å². The molecule has 10 heteroatoms. The van der Waals surface area contributed by atoms with Crippen molar-refractivity contribution >= 4 is 45.8 Å². The molecule has 32 heavy (non-hydrogen) atoms. The topological polar surface area (TPSA) is 65.1 Å². The van der Waals surface area contributed by atoms with Crippen LogP contribution >= 0.6 is 0 Å². The van der Waals surface area contributed by atoms with Gasteiger partial charge >= 0.3 is 5.97 Å². The van der Waals surface area contributed by atoms with E-state index in [0.29, 0.717) is 0 Å². The van der Waals surface area contributed by atoms with Crippen LogP contribution in [0.1, 0.15) is 11.6 Å². The highest BCUT2D eigenvalue weighted by Gasteiger charge is 2.54. The van der Waals surface area contributed by atoms with Crippen LogP contribution in [0.15, 0.2) is 30.3 Å². The molecule has 1 saturated heterocycles. The fourth-order valence-corrected chi connectivity index (χ4v) is 7.40. The molecule has 6 nitrogen and oxygen atoms in total. The van der Waals surface area contributed by atoms with Crippen molar-refractivity contribution in [1.82, 2.24) is 4.57 Å². The van der Waals surface area contributed by atoms with Gasteiger partial charge in [0.15, 0.2) is 25.6 Å². The van der Waals surface area contributed by atoms with E-state index in [1.165, 1.54) is 5.56 Å². The van der Waals surface area contributed by atoms with Gasteiger partial charge in [0, 0.05) is 0 Å². The first-order valence-corrected chi connectivity index (χ1v) is 24.4. The lowest BCUT2D eigenvalue weighted by atomic mass is 9.94. The van der Waals surface area contributed by atoms with Crippen molar-refractivity contribution < 1.29 is 22.9 Å². The Balaban J connectivity index is 0.000000368. The fourth-order valence-electron chi connectivity index (χ4n) is 3.29. The summed E-state index contributed by atoms with van der Waals surface area (Å²) in [6.45, 7) is 23.2. The number of amides is 1. The van der Waals surface area contributed by atoms with Gasteiger partial charge < -0.3 is 17.8 Å². The average molecular weight is 514 g/mol. The second-order valence-corrected chi connectivity index (χ2v) is 27.5. The highest BCUT2D eigenvalue weighted by atomic mass is 28.4. The van der Waals surface area contributed by atoms with E-state index in [-0.39, 0.29) is 30.6 Å². The quantitative estimate of drug-likeness (QED) is 0.362. The lowest BCUT2D eigenvalue weighted by Crippen LogP contribution is -2.69. The van der Waals surface area contributed by atoms with Crippen LogP contribution in [-0.4, -0.2) is 63.1 Å². The predicted octanol–water partition coefficient (Wildman–Crippen LogP) is 4.99. The molecule has 1 amide bonds. The molecule has 0 aliphatic carbocycles. The number of nitrogens with zero attached hydrogens (tertiary/aromatic N) is 1. The van der Waals surface area contributed by atoms with Gasteiger partial charge in [0.25, 0.3) is 0 Å². The predicted molar refractivity (Wildman–Crippen MR) is 142 cm³/mol. The van der Waals surface area contributed by atoms with Crippen LogP contribution in [0, 0.1) is 0 Å². The van der Waals surface area contributed by atoms with Crippen molar-refractivity contribution in [3.63, 3.8) is 0 Å². The smallest absolute Gasteiger partial charge is 0.317 e. The molecule has 0 bridgehead atoms. The standard InChI is InChI=1S/C15H25NO2Si2.C7H18O3Si2/c1-19(2,3)16-13(12-10-8-7-9-11-12)14(15(16)17)18-20(4,5)6;1-11(2)9-6-7(8)10-12(3,4)5/h7-11,13-14H,1-6H3;11H,6H2,1-5H3/t13-,14+;/m0./s1. The fraction of sp³-hybridized carbons (Fsp3) is 0.636. The molecule has 1 heterocycles. The van der Waals surface area contributed by atoms with E-state index in [1.807, 2.05) is 50.9 Å². The van der Waals surface area contributed by atoms with Crippen LogP contribution in [-0.2, 0) is 22.9 Å². The molecule has 1 fully saturated rings. The van der Waals surface area contributed by atoms with E-state index in [4.69, 9.17) is 13.3 Å². The lowest BCUT2D eigenvalue weighted by molar-refractivity contribution is -0.155. The van der Waals surface area contributed by atoms with E-state index < -0.39 is 33.9 Å². The van der Waals surface area contributed by atoms with Crippen LogP contribution in [0.4, 0.5) is 0 Å². The van der Waals surface area contributed by atoms with Crippen molar-refractivity contribution in [3.05, 3.63) is 35.9 Å². The van der Waals surface area contributed by atoms with E-state index in [0.717, 1.165) is 0 Å². The largest absolute Gasteiger partial charge is 0.518 e. The monoisotopic (exact) mass is 513 g/mol. The molecule has 2 atom stereocenters. The van der Waals surface area contributed by atoms with E-state index in [1.54, 1.807) is 0 Å². The molecule has 0 aromatic heterocycles. The SMILES string of the molecule is C[SiH](C)OCC(=O)O[Si](C)(C)C.C[Si](C)(C)O[C@H]1C(=O)N([Si](C)(C)C)[C@H]1c1ccccc1. The van der Waals surface area contributed by atoms with Crippen molar-refractivity contribution in [1.29, 1.82) is 0 Å². The van der Waals surface area contributed by atoms with Crippen LogP contribution in [0.25, 0.3) is 0 Å². The summed E-state index contributed by atoms with van der Waals surface area (Å²) in [5.41, 5.74) is 1.19. The Kier molecular flexibility index (Phi) is 10.3. The van der Waals surface area contributed by atoms with Gasteiger partial charge in [-0.25, -0.2) is 0 Å². The minimum atomic E-state index is -1.73. The number of β-lactam (4-membered cyclic amide) rings is 1. The third-order valence-electron chi connectivity index (χ3n) is 4.34.